The normalized spacial score (nSPS) is 28.3. The fourth-order valence-corrected chi connectivity index (χ4v) is 4.02. The minimum Gasteiger partial charge on any atom is -0.365 e. The molecule has 2 unspecified atom stereocenters. The predicted octanol–water partition coefficient (Wildman–Crippen LogP) is 3.42. The maximum Gasteiger partial charge on any atom is 0.0643 e. The van der Waals surface area contributed by atoms with E-state index in [-0.39, 0.29) is 6.04 Å². The Morgan fingerprint density at radius 2 is 2.10 bits per heavy atom. The Balaban J connectivity index is 1.82. The van der Waals surface area contributed by atoms with Crippen LogP contribution in [0.1, 0.15) is 44.7 Å². The molecule has 2 fully saturated rings. The summed E-state index contributed by atoms with van der Waals surface area (Å²) < 4.78 is 0. The number of hydrogen-bond donors (Lipinski definition) is 1. The molecule has 116 valence electrons. The summed E-state index contributed by atoms with van der Waals surface area (Å²) in [6.07, 6.45) is 4.03. The summed E-state index contributed by atoms with van der Waals surface area (Å²) in [7, 11) is 0. The van der Waals surface area contributed by atoms with Gasteiger partial charge in [-0.15, -0.1) is 0 Å². The lowest BCUT2D eigenvalue weighted by Crippen LogP contribution is -2.58. The Hall–Kier alpha value is -0.770. The maximum absolute atomic E-state index is 6.54. The summed E-state index contributed by atoms with van der Waals surface area (Å²) in [5.41, 5.74) is 8.22. The third-order valence-corrected chi connectivity index (χ3v) is 5.30. The summed E-state index contributed by atoms with van der Waals surface area (Å²) >= 11 is 6.54. The van der Waals surface area contributed by atoms with Crippen LogP contribution >= 0.6 is 11.6 Å². The van der Waals surface area contributed by atoms with Gasteiger partial charge in [0.05, 0.1) is 10.7 Å². The van der Waals surface area contributed by atoms with E-state index in [1.807, 2.05) is 13.0 Å². The number of anilines is 1. The van der Waals surface area contributed by atoms with Gasteiger partial charge in [0, 0.05) is 31.2 Å². The molecule has 21 heavy (non-hydrogen) atoms. The van der Waals surface area contributed by atoms with E-state index in [4.69, 9.17) is 17.3 Å². The van der Waals surface area contributed by atoms with Gasteiger partial charge in [-0.25, -0.2) is 0 Å². The number of fused-ring (bicyclic) bond motifs is 1. The number of nitrogens with two attached hydrogens (primary N) is 1. The molecule has 2 saturated heterocycles. The molecule has 2 heterocycles. The monoisotopic (exact) mass is 307 g/mol. The minimum absolute atomic E-state index is 0.0316. The van der Waals surface area contributed by atoms with E-state index >= 15 is 0 Å². The summed E-state index contributed by atoms with van der Waals surface area (Å²) in [6, 6.07) is 7.53. The van der Waals surface area contributed by atoms with Crippen molar-refractivity contribution < 1.29 is 0 Å². The highest BCUT2D eigenvalue weighted by atomic mass is 35.5. The number of rotatable bonds is 2. The van der Waals surface area contributed by atoms with Crippen molar-refractivity contribution in [2.45, 2.75) is 51.2 Å². The van der Waals surface area contributed by atoms with Crippen molar-refractivity contribution >= 4 is 17.3 Å². The first-order chi connectivity index (χ1) is 10.1. The van der Waals surface area contributed by atoms with Crippen LogP contribution in [0.2, 0.25) is 5.02 Å². The van der Waals surface area contributed by atoms with E-state index in [9.17, 15) is 0 Å². The third kappa shape index (κ3) is 3.05. The molecule has 0 radical (unpaired) electrons. The molecular weight excluding hydrogens is 282 g/mol. The molecule has 3 nitrogen and oxygen atoms in total. The number of piperidine rings is 1. The van der Waals surface area contributed by atoms with Crippen LogP contribution in [-0.2, 0) is 0 Å². The van der Waals surface area contributed by atoms with Crippen LogP contribution in [0.5, 0.6) is 0 Å². The predicted molar refractivity (Wildman–Crippen MR) is 90.1 cm³/mol. The first kappa shape index (κ1) is 15.1. The molecule has 1 aromatic carbocycles. The van der Waals surface area contributed by atoms with E-state index < -0.39 is 0 Å². The van der Waals surface area contributed by atoms with E-state index in [1.165, 1.54) is 31.5 Å². The van der Waals surface area contributed by atoms with Crippen molar-refractivity contribution in [3.8, 4) is 0 Å². The number of hydrogen-bond acceptors (Lipinski definition) is 3. The second-order valence-corrected chi connectivity index (χ2v) is 7.05. The van der Waals surface area contributed by atoms with Gasteiger partial charge >= 0.3 is 0 Å². The molecule has 3 rings (SSSR count). The summed E-state index contributed by atoms with van der Waals surface area (Å²) in [5.74, 6) is 0. The van der Waals surface area contributed by atoms with E-state index in [2.05, 4.69) is 28.9 Å². The molecule has 0 saturated carbocycles. The number of nitrogens with zero attached hydrogens (tertiary/aromatic N) is 2. The Labute approximate surface area is 133 Å². The first-order valence-corrected chi connectivity index (χ1v) is 8.50. The zero-order chi connectivity index (χ0) is 15.0. The van der Waals surface area contributed by atoms with Crippen LogP contribution in [0.15, 0.2) is 18.2 Å². The Bertz CT molecular complexity index is 503. The quantitative estimate of drug-likeness (QED) is 0.908. The Morgan fingerprint density at radius 1 is 1.29 bits per heavy atom. The van der Waals surface area contributed by atoms with Gasteiger partial charge in [0.25, 0.3) is 0 Å². The van der Waals surface area contributed by atoms with Crippen molar-refractivity contribution in [2.24, 2.45) is 5.73 Å². The molecule has 0 aliphatic carbocycles. The van der Waals surface area contributed by atoms with Crippen LogP contribution in [0, 0.1) is 0 Å². The van der Waals surface area contributed by atoms with Gasteiger partial charge in [0.2, 0.25) is 0 Å². The van der Waals surface area contributed by atoms with Crippen molar-refractivity contribution in [1.29, 1.82) is 0 Å². The molecule has 2 aliphatic rings. The van der Waals surface area contributed by atoms with Crippen molar-refractivity contribution in [2.75, 3.05) is 24.5 Å². The molecular formula is C17H26ClN3. The number of benzene rings is 1. The largest absolute Gasteiger partial charge is 0.365 e. The Morgan fingerprint density at radius 3 is 2.81 bits per heavy atom. The van der Waals surface area contributed by atoms with Gasteiger partial charge in [-0.3, -0.25) is 4.90 Å². The van der Waals surface area contributed by atoms with Crippen LogP contribution in [0.3, 0.4) is 0 Å². The topological polar surface area (TPSA) is 32.5 Å². The van der Waals surface area contributed by atoms with Crippen LogP contribution < -0.4 is 10.6 Å². The van der Waals surface area contributed by atoms with Crippen molar-refractivity contribution in [1.82, 2.24) is 4.90 Å². The average molecular weight is 308 g/mol. The van der Waals surface area contributed by atoms with Crippen molar-refractivity contribution in [3.63, 3.8) is 0 Å². The molecule has 2 aliphatic heterocycles. The first-order valence-electron chi connectivity index (χ1n) is 8.12. The maximum atomic E-state index is 6.54. The summed E-state index contributed by atoms with van der Waals surface area (Å²) in [4.78, 5) is 5.15. The Kier molecular flexibility index (Phi) is 4.43. The lowest BCUT2D eigenvalue weighted by Gasteiger charge is -2.48. The molecule has 0 bridgehead atoms. The number of halogens is 1. The standard InChI is InChI=1S/C17H26ClN3/c1-12-10-20-8-4-3-5-15(20)11-21(12)17-7-6-14(13(2)19)9-16(17)18/h6-7,9,12-13,15H,3-5,8,10-11,19H2,1-2H3/t12?,13-,15?/m0/s1. The average Bonchev–Trinajstić information content (AvgIpc) is 2.46. The van der Waals surface area contributed by atoms with Gasteiger partial charge in [0.1, 0.15) is 0 Å². The van der Waals surface area contributed by atoms with Crippen LogP contribution in [0.25, 0.3) is 0 Å². The van der Waals surface area contributed by atoms with Gasteiger partial charge in [-0.1, -0.05) is 24.1 Å². The van der Waals surface area contributed by atoms with Crippen LogP contribution in [-0.4, -0.2) is 36.6 Å². The number of piperazine rings is 1. The van der Waals surface area contributed by atoms with Crippen LogP contribution in [0.4, 0.5) is 5.69 Å². The zero-order valence-electron chi connectivity index (χ0n) is 13.1. The van der Waals surface area contributed by atoms with Crippen molar-refractivity contribution in [3.05, 3.63) is 28.8 Å². The second-order valence-electron chi connectivity index (χ2n) is 6.65. The highest BCUT2D eigenvalue weighted by Gasteiger charge is 2.33. The smallest absolute Gasteiger partial charge is 0.0643 e. The minimum atomic E-state index is 0.0316. The molecule has 1 aromatic rings. The van der Waals surface area contributed by atoms with E-state index in [0.717, 1.165) is 23.7 Å². The zero-order valence-corrected chi connectivity index (χ0v) is 13.8. The summed E-state index contributed by atoms with van der Waals surface area (Å²) in [6.45, 7) is 7.81. The van der Waals surface area contributed by atoms with Gasteiger partial charge in [-0.05, 0) is 50.9 Å². The lowest BCUT2D eigenvalue weighted by atomic mass is 9.96. The molecule has 3 atom stereocenters. The second kappa shape index (κ2) is 6.15. The van der Waals surface area contributed by atoms with Gasteiger partial charge < -0.3 is 10.6 Å². The molecule has 4 heteroatoms. The van der Waals surface area contributed by atoms with Gasteiger partial charge in [0.15, 0.2) is 0 Å². The third-order valence-electron chi connectivity index (χ3n) is 4.99. The molecule has 0 spiro atoms. The fraction of sp³-hybridized carbons (Fsp3) is 0.647. The lowest BCUT2D eigenvalue weighted by molar-refractivity contribution is 0.115. The van der Waals surface area contributed by atoms with E-state index in [1.54, 1.807) is 0 Å². The van der Waals surface area contributed by atoms with Gasteiger partial charge in [-0.2, -0.15) is 0 Å². The molecule has 0 amide bonds. The fourth-order valence-electron chi connectivity index (χ4n) is 3.73. The van der Waals surface area contributed by atoms with E-state index in [0.29, 0.717) is 12.1 Å². The summed E-state index contributed by atoms with van der Waals surface area (Å²) in [5, 5.41) is 0.834. The SMILES string of the molecule is CC1CN2CCCCC2CN1c1ccc([C@H](C)N)cc1Cl. The molecule has 0 aromatic heterocycles. The highest BCUT2D eigenvalue weighted by Crippen LogP contribution is 2.33. The highest BCUT2D eigenvalue weighted by molar-refractivity contribution is 6.33. The molecule has 2 N–H and O–H groups in total.